The summed E-state index contributed by atoms with van der Waals surface area (Å²) in [6.45, 7) is 4.69. The number of unbranched alkanes of at least 4 members (excludes halogenated alkanes) is 1. The highest BCUT2D eigenvalue weighted by Gasteiger charge is 2.26. The monoisotopic (exact) mass is 429 g/mol. The maximum Gasteiger partial charge on any atom is 0.251 e. The van der Waals surface area contributed by atoms with Crippen LogP contribution in [0.3, 0.4) is 0 Å². The fourth-order valence-corrected chi connectivity index (χ4v) is 5.05. The van der Waals surface area contributed by atoms with Crippen LogP contribution in [0.5, 0.6) is 0 Å². The zero-order valence-corrected chi connectivity index (χ0v) is 18.6. The molecule has 2 aromatic carbocycles. The van der Waals surface area contributed by atoms with Crippen molar-refractivity contribution in [2.24, 2.45) is 0 Å². The Morgan fingerprint density at radius 1 is 1.03 bits per heavy atom. The number of carbonyl (C=O) groups is 1. The van der Waals surface area contributed by atoms with Crippen molar-refractivity contribution in [2.75, 3.05) is 31.6 Å². The maximum atomic E-state index is 12.6. The van der Waals surface area contributed by atoms with E-state index in [1.165, 1.54) is 4.31 Å². The number of carbonyl (C=O) groups excluding carboxylic acids is 1. The molecule has 0 saturated carbocycles. The third kappa shape index (κ3) is 5.40. The van der Waals surface area contributed by atoms with Crippen molar-refractivity contribution in [2.45, 2.75) is 44.0 Å². The first-order valence-electron chi connectivity index (χ1n) is 10.6. The van der Waals surface area contributed by atoms with Crippen molar-refractivity contribution < 1.29 is 13.2 Å². The average Bonchev–Trinajstić information content (AvgIpc) is 3.32. The van der Waals surface area contributed by atoms with E-state index < -0.39 is 10.0 Å². The Hall–Kier alpha value is -2.38. The van der Waals surface area contributed by atoms with Gasteiger partial charge in [0.25, 0.3) is 5.91 Å². The number of nitrogens with one attached hydrogen (secondary N) is 1. The molecular formula is C23H31N3O3S. The van der Waals surface area contributed by atoms with E-state index in [0.29, 0.717) is 30.1 Å². The molecule has 1 aliphatic heterocycles. The fraction of sp³-hybridized carbons (Fsp3) is 0.435. The molecule has 0 radical (unpaired) electrons. The summed E-state index contributed by atoms with van der Waals surface area (Å²) < 4.78 is 26.7. The number of hydrogen-bond acceptors (Lipinski definition) is 4. The second kappa shape index (κ2) is 10.1. The first-order chi connectivity index (χ1) is 14.4. The molecule has 0 unspecified atom stereocenters. The van der Waals surface area contributed by atoms with Crippen LogP contribution < -0.4 is 10.2 Å². The number of anilines is 1. The zero-order valence-electron chi connectivity index (χ0n) is 17.8. The zero-order chi connectivity index (χ0) is 21.6. The molecule has 0 bridgehead atoms. The average molecular weight is 430 g/mol. The molecule has 0 aliphatic carbocycles. The van der Waals surface area contributed by atoms with Crippen LogP contribution in [0.4, 0.5) is 5.69 Å². The second-order valence-corrected chi connectivity index (χ2v) is 9.70. The molecular weight excluding hydrogens is 398 g/mol. The minimum absolute atomic E-state index is 0.147. The Balaban J connectivity index is 1.55. The molecule has 1 saturated heterocycles. The van der Waals surface area contributed by atoms with Gasteiger partial charge >= 0.3 is 0 Å². The summed E-state index contributed by atoms with van der Waals surface area (Å²) in [7, 11) is -1.35. The Bertz CT molecular complexity index is 935. The van der Waals surface area contributed by atoms with E-state index in [1.807, 2.05) is 24.3 Å². The number of amides is 1. The largest absolute Gasteiger partial charge is 0.375 e. The topological polar surface area (TPSA) is 69.7 Å². The third-order valence-electron chi connectivity index (χ3n) is 5.50. The standard InChI is InChI=1S/C23H31N3O3S/c1-3-4-15-25(2)21-11-9-20(10-12-21)23(27)24-18-19-7-13-22(14-8-19)30(28,29)26-16-5-6-17-26/h7-14H,3-6,15-18H2,1-2H3,(H,24,27). The minimum atomic E-state index is -3.40. The molecule has 7 heteroatoms. The van der Waals surface area contributed by atoms with E-state index in [2.05, 4.69) is 24.2 Å². The van der Waals surface area contributed by atoms with E-state index in [4.69, 9.17) is 0 Å². The van der Waals surface area contributed by atoms with Crippen molar-refractivity contribution in [3.05, 3.63) is 59.7 Å². The van der Waals surface area contributed by atoms with Gasteiger partial charge in [0, 0.05) is 44.5 Å². The van der Waals surface area contributed by atoms with E-state index in [9.17, 15) is 13.2 Å². The number of rotatable bonds is 9. The highest BCUT2D eigenvalue weighted by Crippen LogP contribution is 2.21. The third-order valence-corrected chi connectivity index (χ3v) is 7.41. The molecule has 1 N–H and O–H groups in total. The fourth-order valence-electron chi connectivity index (χ4n) is 3.53. The molecule has 0 atom stereocenters. The molecule has 30 heavy (non-hydrogen) atoms. The molecule has 2 aromatic rings. The van der Waals surface area contributed by atoms with Crippen LogP contribution in [-0.4, -0.2) is 45.3 Å². The van der Waals surface area contributed by atoms with E-state index in [1.54, 1.807) is 24.3 Å². The summed E-state index contributed by atoms with van der Waals surface area (Å²) >= 11 is 0. The van der Waals surface area contributed by atoms with Gasteiger partial charge < -0.3 is 10.2 Å². The van der Waals surface area contributed by atoms with Gasteiger partial charge in [-0.2, -0.15) is 4.31 Å². The molecule has 162 valence electrons. The maximum absolute atomic E-state index is 12.6. The van der Waals surface area contributed by atoms with Crippen LogP contribution in [0.25, 0.3) is 0 Å². The van der Waals surface area contributed by atoms with Gasteiger partial charge in [0.15, 0.2) is 0 Å². The van der Waals surface area contributed by atoms with Gasteiger partial charge in [0.1, 0.15) is 0 Å². The highest BCUT2D eigenvalue weighted by atomic mass is 32.2. The predicted octanol–water partition coefficient (Wildman–Crippen LogP) is 3.64. The summed E-state index contributed by atoms with van der Waals surface area (Å²) in [6, 6.07) is 14.3. The van der Waals surface area contributed by atoms with Crippen molar-refractivity contribution in [1.29, 1.82) is 0 Å². The Morgan fingerprint density at radius 3 is 2.27 bits per heavy atom. The predicted molar refractivity (Wildman–Crippen MR) is 120 cm³/mol. The van der Waals surface area contributed by atoms with Crippen LogP contribution in [0, 0.1) is 0 Å². The Labute approximate surface area is 179 Å². The van der Waals surface area contributed by atoms with Gasteiger partial charge in [-0.15, -0.1) is 0 Å². The lowest BCUT2D eigenvalue weighted by molar-refractivity contribution is 0.0951. The SMILES string of the molecule is CCCCN(C)c1ccc(C(=O)NCc2ccc(S(=O)(=O)N3CCCC3)cc2)cc1. The molecule has 0 spiro atoms. The summed E-state index contributed by atoms with van der Waals surface area (Å²) in [5, 5.41) is 2.90. The lowest BCUT2D eigenvalue weighted by Crippen LogP contribution is -2.28. The molecule has 1 heterocycles. The van der Waals surface area contributed by atoms with E-state index in [-0.39, 0.29) is 5.91 Å². The summed E-state index contributed by atoms with van der Waals surface area (Å²) in [4.78, 5) is 14.9. The quantitative estimate of drug-likeness (QED) is 0.661. The normalized spacial score (nSPS) is 14.6. The number of benzene rings is 2. The molecule has 6 nitrogen and oxygen atoms in total. The summed E-state index contributed by atoms with van der Waals surface area (Å²) in [5.74, 6) is -0.147. The second-order valence-electron chi connectivity index (χ2n) is 7.76. The van der Waals surface area contributed by atoms with Crippen LogP contribution in [0.1, 0.15) is 48.5 Å². The van der Waals surface area contributed by atoms with E-state index in [0.717, 1.165) is 43.5 Å². The van der Waals surface area contributed by atoms with Gasteiger partial charge in [-0.05, 0) is 61.2 Å². The van der Waals surface area contributed by atoms with Crippen LogP contribution in [-0.2, 0) is 16.6 Å². The van der Waals surface area contributed by atoms with Gasteiger partial charge in [0.2, 0.25) is 10.0 Å². The molecule has 3 rings (SSSR count). The minimum Gasteiger partial charge on any atom is -0.375 e. The highest BCUT2D eigenvalue weighted by molar-refractivity contribution is 7.89. The van der Waals surface area contributed by atoms with Gasteiger partial charge in [-0.25, -0.2) is 8.42 Å². The lowest BCUT2D eigenvalue weighted by Gasteiger charge is -2.19. The van der Waals surface area contributed by atoms with Crippen LogP contribution in [0.15, 0.2) is 53.4 Å². The smallest absolute Gasteiger partial charge is 0.251 e. The van der Waals surface area contributed by atoms with Gasteiger partial charge in [-0.3, -0.25) is 4.79 Å². The van der Waals surface area contributed by atoms with E-state index >= 15 is 0 Å². The first kappa shape index (κ1) is 22.3. The van der Waals surface area contributed by atoms with Crippen LogP contribution in [0.2, 0.25) is 0 Å². The van der Waals surface area contributed by atoms with Crippen molar-refractivity contribution in [3.63, 3.8) is 0 Å². The Kier molecular flexibility index (Phi) is 7.50. The first-order valence-corrected chi connectivity index (χ1v) is 12.0. The van der Waals surface area contributed by atoms with Crippen molar-refractivity contribution in [1.82, 2.24) is 9.62 Å². The number of hydrogen-bond donors (Lipinski definition) is 1. The summed E-state index contributed by atoms with van der Waals surface area (Å²) in [5.41, 5.74) is 2.56. The van der Waals surface area contributed by atoms with Crippen LogP contribution >= 0.6 is 0 Å². The number of nitrogens with zero attached hydrogens (tertiary/aromatic N) is 2. The molecule has 1 amide bonds. The van der Waals surface area contributed by atoms with Crippen molar-refractivity contribution in [3.8, 4) is 0 Å². The lowest BCUT2D eigenvalue weighted by atomic mass is 10.1. The van der Waals surface area contributed by atoms with Gasteiger partial charge in [-0.1, -0.05) is 25.5 Å². The van der Waals surface area contributed by atoms with Crippen molar-refractivity contribution >= 4 is 21.6 Å². The summed E-state index contributed by atoms with van der Waals surface area (Å²) in [6.07, 6.45) is 4.12. The molecule has 1 fully saturated rings. The van der Waals surface area contributed by atoms with Gasteiger partial charge in [0.05, 0.1) is 4.90 Å². The number of sulfonamides is 1. The molecule has 0 aromatic heterocycles. The Morgan fingerprint density at radius 2 is 1.67 bits per heavy atom. The molecule has 1 aliphatic rings.